The van der Waals surface area contributed by atoms with Crippen molar-refractivity contribution >= 4 is 5.96 Å². The van der Waals surface area contributed by atoms with E-state index in [1.165, 1.54) is 11.1 Å². The van der Waals surface area contributed by atoms with E-state index in [1.807, 2.05) is 37.3 Å². The predicted octanol–water partition coefficient (Wildman–Crippen LogP) is 3.13. The van der Waals surface area contributed by atoms with Gasteiger partial charge in [-0.2, -0.15) is 0 Å². The number of ether oxygens (including phenoxy) is 1. The minimum absolute atomic E-state index is 0.0491. The van der Waals surface area contributed by atoms with E-state index >= 15 is 0 Å². The van der Waals surface area contributed by atoms with Crippen molar-refractivity contribution < 1.29 is 4.74 Å². The zero-order chi connectivity index (χ0) is 16.5. The van der Waals surface area contributed by atoms with Crippen molar-refractivity contribution in [3.05, 3.63) is 65.7 Å². The number of hydrogen-bond donors (Lipinski definition) is 2. The number of nitrogens with zero attached hydrogens (tertiary/aromatic N) is 1. The van der Waals surface area contributed by atoms with Crippen molar-refractivity contribution in [1.82, 2.24) is 10.6 Å². The summed E-state index contributed by atoms with van der Waals surface area (Å²) in [5, 5.41) is 6.58. The van der Waals surface area contributed by atoms with Crippen LogP contribution in [0.1, 0.15) is 18.1 Å². The predicted molar refractivity (Wildman–Crippen MR) is 95.9 cm³/mol. The maximum atomic E-state index is 5.88. The summed E-state index contributed by atoms with van der Waals surface area (Å²) in [6.45, 7) is 5.53. The van der Waals surface area contributed by atoms with Gasteiger partial charge in [-0.15, -0.1) is 0 Å². The fourth-order valence-corrected chi connectivity index (χ4v) is 2.13. The average molecular weight is 311 g/mol. The van der Waals surface area contributed by atoms with Gasteiger partial charge in [0.05, 0.1) is 6.54 Å². The van der Waals surface area contributed by atoms with Crippen molar-refractivity contribution in [2.45, 2.75) is 26.5 Å². The Labute approximate surface area is 138 Å². The summed E-state index contributed by atoms with van der Waals surface area (Å²) >= 11 is 0. The van der Waals surface area contributed by atoms with Crippen LogP contribution in [-0.2, 0) is 6.54 Å². The highest BCUT2D eigenvalue weighted by Gasteiger charge is 2.05. The van der Waals surface area contributed by atoms with E-state index in [0.717, 1.165) is 18.3 Å². The summed E-state index contributed by atoms with van der Waals surface area (Å²) in [5.41, 5.74) is 2.45. The summed E-state index contributed by atoms with van der Waals surface area (Å²) < 4.78 is 5.88. The smallest absolute Gasteiger partial charge is 0.191 e. The first-order valence-corrected chi connectivity index (χ1v) is 7.89. The number of guanidine groups is 1. The first-order valence-electron chi connectivity index (χ1n) is 7.89. The molecule has 23 heavy (non-hydrogen) atoms. The van der Waals surface area contributed by atoms with E-state index in [1.54, 1.807) is 7.05 Å². The Morgan fingerprint density at radius 2 is 1.74 bits per heavy atom. The molecule has 1 unspecified atom stereocenters. The van der Waals surface area contributed by atoms with Gasteiger partial charge >= 0.3 is 0 Å². The van der Waals surface area contributed by atoms with Gasteiger partial charge in [0.25, 0.3) is 0 Å². The molecule has 0 aliphatic heterocycles. The van der Waals surface area contributed by atoms with Gasteiger partial charge in [-0.1, -0.05) is 48.0 Å². The molecule has 122 valence electrons. The van der Waals surface area contributed by atoms with Gasteiger partial charge in [0, 0.05) is 13.6 Å². The number of aliphatic imine (C=N–C) groups is 1. The van der Waals surface area contributed by atoms with Gasteiger partial charge in [-0.05, 0) is 31.5 Å². The highest BCUT2D eigenvalue weighted by atomic mass is 16.5. The van der Waals surface area contributed by atoms with E-state index in [4.69, 9.17) is 4.74 Å². The van der Waals surface area contributed by atoms with E-state index in [9.17, 15) is 0 Å². The van der Waals surface area contributed by atoms with Gasteiger partial charge in [0.15, 0.2) is 5.96 Å². The minimum Gasteiger partial charge on any atom is -0.489 e. The Bertz CT molecular complexity index is 608. The van der Waals surface area contributed by atoms with Gasteiger partial charge in [0.2, 0.25) is 0 Å². The average Bonchev–Trinajstić information content (AvgIpc) is 2.58. The molecule has 0 bridgehead atoms. The minimum atomic E-state index is 0.0491. The van der Waals surface area contributed by atoms with Crippen LogP contribution in [0.3, 0.4) is 0 Å². The Balaban J connectivity index is 1.75. The molecule has 2 aromatic carbocycles. The monoisotopic (exact) mass is 311 g/mol. The summed E-state index contributed by atoms with van der Waals surface area (Å²) in [7, 11) is 1.77. The number of aryl methyl sites for hydroxylation is 1. The lowest BCUT2D eigenvalue weighted by Gasteiger charge is -2.18. The molecule has 0 aromatic heterocycles. The Morgan fingerprint density at radius 3 is 2.39 bits per heavy atom. The molecular weight excluding hydrogens is 286 g/mol. The van der Waals surface area contributed by atoms with E-state index in [0.29, 0.717) is 6.54 Å². The van der Waals surface area contributed by atoms with Gasteiger partial charge in [-0.25, -0.2) is 0 Å². The SMILES string of the molecule is CN=C(NCc1ccccc1)NCC(C)Oc1ccc(C)cc1. The number of hydrogen-bond acceptors (Lipinski definition) is 2. The maximum Gasteiger partial charge on any atom is 0.191 e. The normalized spacial score (nSPS) is 12.6. The molecule has 2 rings (SSSR count). The van der Waals surface area contributed by atoms with Crippen molar-refractivity contribution in [1.29, 1.82) is 0 Å². The van der Waals surface area contributed by atoms with E-state index in [2.05, 4.69) is 46.8 Å². The lowest BCUT2D eigenvalue weighted by Crippen LogP contribution is -2.41. The third-order valence-corrected chi connectivity index (χ3v) is 3.44. The van der Waals surface area contributed by atoms with Crippen LogP contribution in [-0.4, -0.2) is 25.7 Å². The van der Waals surface area contributed by atoms with Crippen LogP contribution in [0, 0.1) is 6.92 Å². The Hall–Kier alpha value is -2.49. The molecule has 0 saturated heterocycles. The molecule has 4 heteroatoms. The summed E-state index contributed by atoms with van der Waals surface area (Å²) in [4.78, 5) is 4.23. The molecule has 0 amide bonds. The molecule has 0 aliphatic carbocycles. The maximum absolute atomic E-state index is 5.88. The van der Waals surface area contributed by atoms with Crippen LogP contribution in [0.4, 0.5) is 0 Å². The topological polar surface area (TPSA) is 45.7 Å². The third-order valence-electron chi connectivity index (χ3n) is 3.44. The second-order valence-electron chi connectivity index (χ2n) is 5.53. The first kappa shape index (κ1) is 16.9. The van der Waals surface area contributed by atoms with E-state index in [-0.39, 0.29) is 6.10 Å². The Kier molecular flexibility index (Phi) is 6.48. The van der Waals surface area contributed by atoms with Crippen molar-refractivity contribution in [3.63, 3.8) is 0 Å². The Morgan fingerprint density at radius 1 is 1.04 bits per heavy atom. The fraction of sp³-hybridized carbons (Fsp3) is 0.316. The van der Waals surface area contributed by atoms with Crippen LogP contribution < -0.4 is 15.4 Å². The standard InChI is InChI=1S/C19H25N3O/c1-15-9-11-18(12-10-15)23-16(2)13-21-19(20-3)22-14-17-7-5-4-6-8-17/h4-12,16H,13-14H2,1-3H3,(H2,20,21,22). The second kappa shape index (κ2) is 8.83. The largest absolute Gasteiger partial charge is 0.489 e. The highest BCUT2D eigenvalue weighted by Crippen LogP contribution is 2.12. The van der Waals surface area contributed by atoms with Gasteiger partial charge in [0.1, 0.15) is 11.9 Å². The second-order valence-corrected chi connectivity index (χ2v) is 5.53. The van der Waals surface area contributed by atoms with Crippen molar-refractivity contribution in [2.75, 3.05) is 13.6 Å². The molecule has 0 saturated carbocycles. The molecule has 4 nitrogen and oxygen atoms in total. The number of nitrogens with one attached hydrogen (secondary N) is 2. The fourth-order valence-electron chi connectivity index (χ4n) is 2.13. The van der Waals surface area contributed by atoms with Crippen LogP contribution in [0.2, 0.25) is 0 Å². The van der Waals surface area contributed by atoms with Crippen LogP contribution in [0.25, 0.3) is 0 Å². The lowest BCUT2D eigenvalue weighted by atomic mass is 10.2. The molecule has 0 radical (unpaired) electrons. The van der Waals surface area contributed by atoms with E-state index < -0.39 is 0 Å². The first-order chi connectivity index (χ1) is 11.2. The molecule has 2 aromatic rings. The molecule has 2 N–H and O–H groups in total. The van der Waals surface area contributed by atoms with Crippen molar-refractivity contribution in [2.24, 2.45) is 4.99 Å². The molecule has 0 spiro atoms. The van der Waals surface area contributed by atoms with Crippen LogP contribution in [0.15, 0.2) is 59.6 Å². The molecular formula is C19H25N3O. The van der Waals surface area contributed by atoms with Crippen molar-refractivity contribution in [3.8, 4) is 5.75 Å². The van der Waals surface area contributed by atoms with Gasteiger partial charge in [-0.3, -0.25) is 4.99 Å². The number of rotatable bonds is 6. The summed E-state index contributed by atoms with van der Waals surface area (Å²) in [5.74, 6) is 1.66. The third kappa shape index (κ3) is 6.02. The zero-order valence-corrected chi connectivity index (χ0v) is 14.0. The van der Waals surface area contributed by atoms with Gasteiger partial charge < -0.3 is 15.4 Å². The molecule has 0 fully saturated rings. The zero-order valence-electron chi connectivity index (χ0n) is 14.0. The lowest BCUT2D eigenvalue weighted by molar-refractivity contribution is 0.224. The highest BCUT2D eigenvalue weighted by molar-refractivity contribution is 5.79. The molecule has 1 atom stereocenters. The summed E-state index contributed by atoms with van der Waals surface area (Å²) in [6, 6.07) is 18.3. The van der Waals surface area contributed by atoms with Crippen LogP contribution in [0.5, 0.6) is 5.75 Å². The summed E-state index contributed by atoms with van der Waals surface area (Å²) in [6.07, 6.45) is 0.0491. The number of benzene rings is 2. The quantitative estimate of drug-likeness (QED) is 0.636. The molecule has 0 heterocycles. The molecule has 0 aliphatic rings. The van der Waals surface area contributed by atoms with Crippen LogP contribution >= 0.6 is 0 Å².